The zero-order valence-electron chi connectivity index (χ0n) is 13.8. The zero-order chi connectivity index (χ0) is 19.1. The highest BCUT2D eigenvalue weighted by atomic mass is 79.9. The molecule has 136 valence electrons. The Morgan fingerprint density at radius 3 is 2.92 bits per heavy atom. The number of hydrogen-bond donors (Lipinski definition) is 3. The van der Waals surface area contributed by atoms with E-state index in [2.05, 4.69) is 36.2 Å². The largest absolute Gasteiger partial charge is 0.390 e. The number of aliphatic imine (C=N–C) groups is 2. The van der Waals surface area contributed by atoms with Gasteiger partial charge in [0.1, 0.15) is 5.82 Å². The van der Waals surface area contributed by atoms with Gasteiger partial charge in [-0.1, -0.05) is 33.6 Å². The number of aromatic amines is 1. The number of H-pyrrole nitrogens is 1. The molecule has 0 atom stereocenters. The molecule has 1 heterocycles. The van der Waals surface area contributed by atoms with Gasteiger partial charge in [0.2, 0.25) is 5.91 Å². The number of carbonyl (C=O) groups is 1. The first-order valence-electron chi connectivity index (χ1n) is 7.46. The van der Waals surface area contributed by atoms with Crippen molar-refractivity contribution in [2.45, 2.75) is 6.92 Å². The summed E-state index contributed by atoms with van der Waals surface area (Å²) in [7, 11) is 0. The molecule has 0 fully saturated rings. The summed E-state index contributed by atoms with van der Waals surface area (Å²) in [5.74, 6) is -0.527. The summed E-state index contributed by atoms with van der Waals surface area (Å²) in [6.45, 7) is 1.80. The minimum atomic E-state index is -0.535. The number of nitrogens with zero attached hydrogens (tertiary/aromatic N) is 2. The molecule has 0 spiro atoms. The molecule has 0 unspecified atom stereocenters. The van der Waals surface area contributed by atoms with Gasteiger partial charge in [-0.15, -0.1) is 0 Å². The van der Waals surface area contributed by atoms with Crippen LogP contribution in [0.15, 0.2) is 46.5 Å². The fourth-order valence-electron chi connectivity index (χ4n) is 2.08. The number of amides is 1. The summed E-state index contributed by atoms with van der Waals surface area (Å²) in [5, 5.41) is 3.30. The molecular weight excluding hydrogens is 425 g/mol. The number of nitrogens with one attached hydrogen (secondary N) is 2. The lowest BCUT2D eigenvalue weighted by atomic mass is 10.2. The van der Waals surface area contributed by atoms with Crippen LogP contribution in [0.2, 0.25) is 5.02 Å². The van der Waals surface area contributed by atoms with Gasteiger partial charge in [-0.25, -0.2) is 14.4 Å². The van der Waals surface area contributed by atoms with Crippen molar-refractivity contribution < 1.29 is 9.18 Å². The SMILES string of the molecule is Cc1c(NC(=O)/C=C/CBr)c[nH]c1C(N=CN)=Nc1ccc(F)c(Cl)c1. The number of anilines is 1. The van der Waals surface area contributed by atoms with Crippen LogP contribution in [-0.2, 0) is 4.79 Å². The van der Waals surface area contributed by atoms with E-state index in [1.165, 1.54) is 24.3 Å². The van der Waals surface area contributed by atoms with Gasteiger partial charge in [-0.05, 0) is 25.1 Å². The molecule has 2 aromatic rings. The summed E-state index contributed by atoms with van der Waals surface area (Å²) in [4.78, 5) is 23.2. The van der Waals surface area contributed by atoms with Crippen LogP contribution in [0.5, 0.6) is 0 Å². The molecule has 26 heavy (non-hydrogen) atoms. The van der Waals surface area contributed by atoms with Gasteiger partial charge >= 0.3 is 0 Å². The summed E-state index contributed by atoms with van der Waals surface area (Å²) in [5.41, 5.74) is 7.70. The lowest BCUT2D eigenvalue weighted by Gasteiger charge is -2.04. The van der Waals surface area contributed by atoms with Gasteiger partial charge in [-0.2, -0.15) is 0 Å². The van der Waals surface area contributed by atoms with Crippen molar-refractivity contribution in [3.05, 3.63) is 58.6 Å². The molecule has 4 N–H and O–H groups in total. The molecule has 0 saturated carbocycles. The highest BCUT2D eigenvalue weighted by molar-refractivity contribution is 9.09. The van der Waals surface area contributed by atoms with Crippen LogP contribution in [-0.4, -0.2) is 28.4 Å². The number of nitrogens with two attached hydrogens (primary N) is 1. The lowest BCUT2D eigenvalue weighted by Crippen LogP contribution is -2.09. The highest BCUT2D eigenvalue weighted by Gasteiger charge is 2.14. The van der Waals surface area contributed by atoms with E-state index in [9.17, 15) is 9.18 Å². The Morgan fingerprint density at radius 2 is 2.27 bits per heavy atom. The molecule has 0 aliphatic carbocycles. The molecule has 1 aromatic heterocycles. The number of rotatable bonds is 5. The van der Waals surface area contributed by atoms with E-state index in [1.54, 1.807) is 19.2 Å². The van der Waals surface area contributed by atoms with Crippen LogP contribution in [0.3, 0.4) is 0 Å². The van der Waals surface area contributed by atoms with Gasteiger partial charge < -0.3 is 16.0 Å². The number of benzene rings is 1. The standard InChI is InChI=1S/C17H16BrClFN5O/c1-10-14(25-15(26)3-2-6-18)8-22-16(10)17(23-9-21)24-11-4-5-13(20)12(19)7-11/h2-5,7-9,22H,6H2,1H3,(H,25,26)(H2,21,23,24)/b3-2+. The zero-order valence-corrected chi connectivity index (χ0v) is 16.1. The summed E-state index contributed by atoms with van der Waals surface area (Å²) in [6.07, 6.45) is 5.83. The average Bonchev–Trinajstić information content (AvgIpc) is 2.96. The molecule has 6 nitrogen and oxygen atoms in total. The van der Waals surface area contributed by atoms with E-state index in [1.807, 2.05) is 0 Å². The average molecular weight is 441 g/mol. The number of amidine groups is 1. The molecule has 0 bridgehead atoms. The van der Waals surface area contributed by atoms with Crippen molar-refractivity contribution in [1.29, 1.82) is 0 Å². The molecule has 0 saturated heterocycles. The Morgan fingerprint density at radius 1 is 1.50 bits per heavy atom. The van der Waals surface area contributed by atoms with E-state index in [0.29, 0.717) is 22.4 Å². The van der Waals surface area contributed by atoms with Gasteiger partial charge in [0.25, 0.3) is 0 Å². The molecule has 0 aliphatic rings. The Hall–Kier alpha value is -2.45. The number of allylic oxidation sites excluding steroid dienone is 1. The highest BCUT2D eigenvalue weighted by Crippen LogP contribution is 2.25. The van der Waals surface area contributed by atoms with Crippen LogP contribution >= 0.6 is 27.5 Å². The van der Waals surface area contributed by atoms with Crippen LogP contribution < -0.4 is 11.1 Å². The first kappa shape index (κ1) is 19.9. The maximum atomic E-state index is 13.3. The lowest BCUT2D eigenvalue weighted by molar-refractivity contribution is -0.111. The monoisotopic (exact) mass is 439 g/mol. The number of carbonyl (C=O) groups excluding carboxylic acids is 1. The smallest absolute Gasteiger partial charge is 0.248 e. The fraction of sp³-hybridized carbons (Fsp3) is 0.118. The summed E-state index contributed by atoms with van der Waals surface area (Å²) in [6, 6.07) is 4.07. The maximum Gasteiger partial charge on any atom is 0.248 e. The Bertz CT molecular complexity index is 891. The minimum Gasteiger partial charge on any atom is -0.390 e. The van der Waals surface area contributed by atoms with Gasteiger partial charge in [0.05, 0.1) is 28.4 Å². The van der Waals surface area contributed by atoms with E-state index >= 15 is 0 Å². The van der Waals surface area contributed by atoms with Crippen molar-refractivity contribution >= 4 is 57.0 Å². The molecule has 0 aliphatic heterocycles. The molecule has 1 aromatic carbocycles. The number of halogens is 3. The quantitative estimate of drug-likeness (QED) is 0.283. The third-order valence-electron chi connectivity index (χ3n) is 3.31. The van der Waals surface area contributed by atoms with Crippen molar-refractivity contribution in [2.75, 3.05) is 10.6 Å². The van der Waals surface area contributed by atoms with E-state index in [-0.39, 0.29) is 16.8 Å². The minimum absolute atomic E-state index is 0.0444. The number of hydrogen-bond acceptors (Lipinski definition) is 2. The fourth-order valence-corrected chi connectivity index (χ4v) is 2.44. The predicted octanol–water partition coefficient (Wildman–Crippen LogP) is 4.07. The summed E-state index contributed by atoms with van der Waals surface area (Å²) >= 11 is 8.99. The normalized spacial score (nSPS) is 12.2. The van der Waals surface area contributed by atoms with E-state index < -0.39 is 5.82 Å². The van der Waals surface area contributed by atoms with Crippen LogP contribution in [0.1, 0.15) is 11.3 Å². The molecular formula is C17H16BrClFN5O. The molecule has 0 radical (unpaired) electrons. The van der Waals surface area contributed by atoms with E-state index in [4.69, 9.17) is 17.3 Å². The van der Waals surface area contributed by atoms with Crippen LogP contribution in [0.4, 0.5) is 15.8 Å². The second-order valence-corrected chi connectivity index (χ2v) is 6.11. The van der Waals surface area contributed by atoms with Crippen LogP contribution in [0.25, 0.3) is 0 Å². The van der Waals surface area contributed by atoms with Crippen molar-refractivity contribution in [3.63, 3.8) is 0 Å². The second-order valence-electron chi connectivity index (χ2n) is 5.06. The van der Waals surface area contributed by atoms with Gasteiger partial charge in [0.15, 0.2) is 5.84 Å². The second kappa shape index (κ2) is 9.30. The Kier molecular flexibility index (Phi) is 7.11. The van der Waals surface area contributed by atoms with Gasteiger partial charge in [0, 0.05) is 23.2 Å². The number of alkyl halides is 1. The van der Waals surface area contributed by atoms with Crippen molar-refractivity contribution in [1.82, 2.24) is 4.98 Å². The topological polar surface area (TPSA) is 95.6 Å². The maximum absolute atomic E-state index is 13.3. The van der Waals surface area contributed by atoms with Crippen molar-refractivity contribution in [2.24, 2.45) is 15.7 Å². The Balaban J connectivity index is 2.36. The third-order valence-corrected chi connectivity index (χ3v) is 3.98. The van der Waals surface area contributed by atoms with E-state index in [0.717, 1.165) is 11.9 Å². The molecule has 1 amide bonds. The molecule has 9 heteroatoms. The number of aromatic nitrogens is 1. The van der Waals surface area contributed by atoms with Crippen LogP contribution in [0, 0.1) is 12.7 Å². The Labute approximate surface area is 163 Å². The van der Waals surface area contributed by atoms with Gasteiger partial charge in [-0.3, -0.25) is 4.79 Å². The summed E-state index contributed by atoms with van der Waals surface area (Å²) < 4.78 is 13.3. The first-order chi connectivity index (χ1) is 12.5. The molecule has 2 rings (SSSR count). The predicted molar refractivity (Wildman–Crippen MR) is 107 cm³/mol. The third kappa shape index (κ3) is 5.03. The first-order valence-corrected chi connectivity index (χ1v) is 8.96. The van der Waals surface area contributed by atoms with Crippen molar-refractivity contribution in [3.8, 4) is 0 Å².